The lowest BCUT2D eigenvalue weighted by Crippen LogP contribution is -2.27. The number of aryl methyl sites for hydroxylation is 1. The second-order valence-electron chi connectivity index (χ2n) is 9.87. The molecule has 0 unspecified atom stereocenters. The minimum atomic E-state index is -0.284. The largest absolute Gasteiger partial charge is 0.494 e. The summed E-state index contributed by atoms with van der Waals surface area (Å²) >= 11 is 0. The lowest BCUT2D eigenvalue weighted by molar-refractivity contribution is -0.191. The standard InChI is InChI=1S/C30H42O3/c1-3-5-10-23-13-18-28(29(20-23)24-11-8-7-9-12-24)26-21-32-30(33-22-26)25-14-16-27(17-15-25)31-19-6-4-2/h13-18,20,24,26,30H,3-12,19,21-22H2,1-2H3. The van der Waals surface area contributed by atoms with Gasteiger partial charge in [0.15, 0.2) is 6.29 Å². The summed E-state index contributed by atoms with van der Waals surface area (Å²) in [6.07, 6.45) is 12.4. The summed E-state index contributed by atoms with van der Waals surface area (Å²) in [5.41, 5.74) is 5.60. The Morgan fingerprint density at radius 2 is 1.52 bits per heavy atom. The zero-order valence-corrected chi connectivity index (χ0v) is 20.7. The fourth-order valence-corrected chi connectivity index (χ4v) is 5.23. The van der Waals surface area contributed by atoms with Crippen molar-refractivity contribution in [3.05, 3.63) is 64.7 Å². The molecule has 0 atom stereocenters. The molecular formula is C30H42O3. The summed E-state index contributed by atoms with van der Waals surface area (Å²) in [7, 11) is 0. The molecule has 33 heavy (non-hydrogen) atoms. The Kier molecular flexibility index (Phi) is 9.26. The third kappa shape index (κ3) is 6.61. The summed E-state index contributed by atoms with van der Waals surface area (Å²) in [5, 5.41) is 0. The Balaban J connectivity index is 1.41. The summed E-state index contributed by atoms with van der Waals surface area (Å²) in [4.78, 5) is 0. The van der Waals surface area contributed by atoms with Crippen LogP contribution in [0, 0.1) is 0 Å². The zero-order valence-electron chi connectivity index (χ0n) is 20.7. The molecule has 0 bridgehead atoms. The van der Waals surface area contributed by atoms with Gasteiger partial charge in [-0.15, -0.1) is 0 Å². The van der Waals surface area contributed by atoms with Crippen molar-refractivity contribution >= 4 is 0 Å². The van der Waals surface area contributed by atoms with Crippen LogP contribution < -0.4 is 4.74 Å². The second-order valence-corrected chi connectivity index (χ2v) is 9.87. The van der Waals surface area contributed by atoms with Crippen molar-refractivity contribution in [3.8, 4) is 5.75 Å². The minimum absolute atomic E-state index is 0.284. The molecule has 0 N–H and O–H groups in total. The molecule has 2 aromatic rings. The molecule has 0 amide bonds. The first-order valence-corrected chi connectivity index (χ1v) is 13.4. The van der Waals surface area contributed by atoms with Crippen molar-refractivity contribution in [1.82, 2.24) is 0 Å². The van der Waals surface area contributed by atoms with Gasteiger partial charge in [0.2, 0.25) is 0 Å². The highest BCUT2D eigenvalue weighted by Crippen LogP contribution is 2.39. The molecule has 180 valence electrons. The third-order valence-electron chi connectivity index (χ3n) is 7.27. The van der Waals surface area contributed by atoms with E-state index in [0.29, 0.717) is 25.0 Å². The normalized spacial score (nSPS) is 21.8. The number of benzene rings is 2. The lowest BCUT2D eigenvalue weighted by atomic mass is 9.78. The highest BCUT2D eigenvalue weighted by atomic mass is 16.7. The van der Waals surface area contributed by atoms with Gasteiger partial charge in [-0.1, -0.05) is 76.3 Å². The third-order valence-corrected chi connectivity index (χ3v) is 7.27. The number of ether oxygens (including phenoxy) is 3. The highest BCUT2D eigenvalue weighted by molar-refractivity contribution is 5.38. The number of hydrogen-bond donors (Lipinski definition) is 0. The van der Waals surface area contributed by atoms with Crippen LogP contribution in [-0.2, 0) is 15.9 Å². The first kappa shape index (κ1) is 24.3. The lowest BCUT2D eigenvalue weighted by Gasteiger charge is -2.33. The summed E-state index contributed by atoms with van der Waals surface area (Å²) < 4.78 is 18.3. The molecule has 0 radical (unpaired) electrons. The minimum Gasteiger partial charge on any atom is -0.494 e. The fourth-order valence-electron chi connectivity index (χ4n) is 5.23. The Bertz CT molecular complexity index is 830. The molecular weight excluding hydrogens is 408 g/mol. The predicted octanol–water partition coefficient (Wildman–Crippen LogP) is 8.09. The fraction of sp³-hybridized carbons (Fsp3) is 0.600. The van der Waals surface area contributed by atoms with Crippen LogP contribution in [0.4, 0.5) is 0 Å². The van der Waals surface area contributed by atoms with Crippen LogP contribution in [0.25, 0.3) is 0 Å². The first-order valence-electron chi connectivity index (χ1n) is 13.4. The molecule has 3 nitrogen and oxygen atoms in total. The maximum absolute atomic E-state index is 6.24. The van der Waals surface area contributed by atoms with Crippen LogP contribution in [0.3, 0.4) is 0 Å². The Morgan fingerprint density at radius 1 is 0.788 bits per heavy atom. The number of unbranched alkanes of at least 4 members (excludes halogenated alkanes) is 2. The van der Waals surface area contributed by atoms with Gasteiger partial charge in [-0.2, -0.15) is 0 Å². The summed E-state index contributed by atoms with van der Waals surface area (Å²) in [6, 6.07) is 15.4. The van der Waals surface area contributed by atoms with Gasteiger partial charge in [0, 0.05) is 11.5 Å². The van der Waals surface area contributed by atoms with E-state index in [1.165, 1.54) is 62.5 Å². The Morgan fingerprint density at radius 3 is 2.21 bits per heavy atom. The van der Waals surface area contributed by atoms with Gasteiger partial charge in [0.25, 0.3) is 0 Å². The van der Waals surface area contributed by atoms with E-state index in [9.17, 15) is 0 Å². The maximum atomic E-state index is 6.24. The van der Waals surface area contributed by atoms with Crippen LogP contribution in [0.5, 0.6) is 5.75 Å². The van der Waals surface area contributed by atoms with Gasteiger partial charge in [0.1, 0.15) is 5.75 Å². The van der Waals surface area contributed by atoms with Crippen molar-refractivity contribution in [1.29, 1.82) is 0 Å². The van der Waals surface area contributed by atoms with E-state index in [2.05, 4.69) is 44.2 Å². The maximum Gasteiger partial charge on any atom is 0.183 e. The Labute approximate surface area is 200 Å². The summed E-state index contributed by atoms with van der Waals surface area (Å²) in [6.45, 7) is 6.66. The van der Waals surface area contributed by atoms with Gasteiger partial charge >= 0.3 is 0 Å². The smallest absolute Gasteiger partial charge is 0.183 e. The van der Waals surface area contributed by atoms with Gasteiger partial charge in [-0.25, -0.2) is 0 Å². The van der Waals surface area contributed by atoms with E-state index >= 15 is 0 Å². The number of hydrogen-bond acceptors (Lipinski definition) is 3. The molecule has 2 fully saturated rings. The highest BCUT2D eigenvalue weighted by Gasteiger charge is 2.28. The van der Waals surface area contributed by atoms with Crippen molar-refractivity contribution in [2.24, 2.45) is 0 Å². The molecule has 1 saturated heterocycles. The van der Waals surface area contributed by atoms with E-state index in [4.69, 9.17) is 14.2 Å². The van der Waals surface area contributed by atoms with Crippen molar-refractivity contribution in [3.63, 3.8) is 0 Å². The molecule has 3 heteroatoms. The van der Waals surface area contributed by atoms with Gasteiger partial charge < -0.3 is 14.2 Å². The molecule has 4 rings (SSSR count). The molecule has 2 aliphatic rings. The van der Waals surface area contributed by atoms with Gasteiger partial charge in [0.05, 0.1) is 19.8 Å². The summed E-state index contributed by atoms with van der Waals surface area (Å²) in [5.74, 6) is 1.93. The quantitative estimate of drug-likeness (QED) is 0.342. The molecule has 1 heterocycles. The van der Waals surface area contributed by atoms with Gasteiger partial charge in [-0.3, -0.25) is 0 Å². The molecule has 1 saturated carbocycles. The molecule has 1 aliphatic carbocycles. The van der Waals surface area contributed by atoms with Crippen LogP contribution in [-0.4, -0.2) is 19.8 Å². The van der Waals surface area contributed by atoms with Crippen LogP contribution in [0.1, 0.15) is 112 Å². The van der Waals surface area contributed by atoms with Crippen molar-refractivity contribution < 1.29 is 14.2 Å². The van der Waals surface area contributed by atoms with E-state index in [1.807, 2.05) is 12.1 Å². The molecule has 1 aliphatic heterocycles. The monoisotopic (exact) mass is 450 g/mol. The average Bonchev–Trinajstić information content (AvgIpc) is 2.88. The topological polar surface area (TPSA) is 27.7 Å². The van der Waals surface area contributed by atoms with Crippen molar-refractivity contribution in [2.75, 3.05) is 19.8 Å². The zero-order chi connectivity index (χ0) is 22.9. The molecule has 0 aromatic heterocycles. The Hall–Kier alpha value is -1.84. The van der Waals surface area contributed by atoms with Crippen LogP contribution >= 0.6 is 0 Å². The molecule has 0 spiro atoms. The SMILES string of the molecule is CCCCOc1ccc(C2OCC(c3ccc(CCCC)cc3C3CCCCC3)CO2)cc1. The van der Waals surface area contributed by atoms with E-state index in [0.717, 1.165) is 30.8 Å². The first-order chi connectivity index (χ1) is 16.3. The van der Waals surface area contributed by atoms with Crippen molar-refractivity contribution in [2.45, 2.75) is 96.2 Å². The van der Waals surface area contributed by atoms with E-state index in [-0.39, 0.29) is 6.29 Å². The predicted molar refractivity (Wildman–Crippen MR) is 135 cm³/mol. The van der Waals surface area contributed by atoms with Gasteiger partial charge in [-0.05, 0) is 66.8 Å². The average molecular weight is 451 g/mol. The van der Waals surface area contributed by atoms with Crippen LogP contribution in [0.15, 0.2) is 42.5 Å². The van der Waals surface area contributed by atoms with Crippen LogP contribution in [0.2, 0.25) is 0 Å². The number of rotatable bonds is 10. The molecule has 2 aromatic carbocycles. The second kappa shape index (κ2) is 12.6. The van der Waals surface area contributed by atoms with E-state index < -0.39 is 0 Å². The van der Waals surface area contributed by atoms with E-state index in [1.54, 1.807) is 5.56 Å².